The molecule has 3 aromatic rings. The van der Waals surface area contributed by atoms with E-state index >= 15 is 0 Å². The van der Waals surface area contributed by atoms with Crippen LogP contribution in [0.1, 0.15) is 46.4 Å². The maximum atomic E-state index is 10.8. The van der Waals surface area contributed by atoms with Gasteiger partial charge in [0, 0.05) is 17.8 Å². The largest absolute Gasteiger partial charge is 0.388 e. The molecule has 0 fully saturated rings. The van der Waals surface area contributed by atoms with Gasteiger partial charge in [0.05, 0.1) is 6.10 Å². The van der Waals surface area contributed by atoms with Crippen LogP contribution in [0.5, 0.6) is 0 Å². The van der Waals surface area contributed by atoms with Gasteiger partial charge >= 0.3 is 0 Å². The zero-order valence-electron chi connectivity index (χ0n) is 14.2. The Morgan fingerprint density at radius 1 is 0.875 bits per heavy atom. The van der Waals surface area contributed by atoms with Crippen LogP contribution in [0.15, 0.2) is 72.9 Å². The first-order valence-electron chi connectivity index (χ1n) is 8.36. The van der Waals surface area contributed by atoms with E-state index in [4.69, 9.17) is 0 Å². The predicted octanol–water partition coefficient (Wildman–Crippen LogP) is 4.95. The Hall–Kier alpha value is -2.45. The zero-order chi connectivity index (χ0) is 16.9. The van der Waals surface area contributed by atoms with Gasteiger partial charge in [-0.15, -0.1) is 0 Å². The highest BCUT2D eigenvalue weighted by atomic mass is 16.3. The molecule has 1 N–H and O–H groups in total. The van der Waals surface area contributed by atoms with Gasteiger partial charge in [-0.25, -0.2) is 0 Å². The van der Waals surface area contributed by atoms with E-state index < -0.39 is 6.10 Å². The normalized spacial score (nSPS) is 13.5. The molecule has 0 saturated carbocycles. The van der Waals surface area contributed by atoms with E-state index in [2.05, 4.69) is 60.4 Å². The summed E-state index contributed by atoms with van der Waals surface area (Å²) in [4.78, 5) is 4.22. The van der Waals surface area contributed by atoms with Crippen LogP contribution in [-0.2, 0) is 0 Å². The van der Waals surface area contributed by atoms with E-state index in [9.17, 15) is 5.11 Å². The number of pyridine rings is 1. The van der Waals surface area contributed by atoms with Crippen LogP contribution in [0.3, 0.4) is 0 Å². The number of rotatable bonds is 5. The van der Waals surface area contributed by atoms with Crippen molar-refractivity contribution in [2.45, 2.75) is 32.3 Å². The molecule has 0 aliphatic heterocycles. The van der Waals surface area contributed by atoms with Crippen LogP contribution >= 0.6 is 0 Å². The minimum atomic E-state index is -0.517. The molecule has 2 atom stereocenters. The van der Waals surface area contributed by atoms with Crippen molar-refractivity contribution in [2.24, 2.45) is 0 Å². The maximum Gasteiger partial charge on any atom is 0.0800 e. The van der Waals surface area contributed by atoms with Gasteiger partial charge in [-0.2, -0.15) is 0 Å². The standard InChI is InChI=1S/C22H23NO/c1-16-8-6-7-11-20(16)21(18-9-4-3-5-10-18)15-22(24)19-12-13-23-17(2)14-19/h3-14,21-22,24H,15H2,1-2H3/t21-,22-/m1/s1. The lowest BCUT2D eigenvalue weighted by molar-refractivity contribution is 0.161. The second kappa shape index (κ2) is 7.41. The van der Waals surface area contributed by atoms with E-state index in [-0.39, 0.29) is 5.92 Å². The van der Waals surface area contributed by atoms with Crippen molar-refractivity contribution < 1.29 is 5.11 Å². The second-order valence-electron chi connectivity index (χ2n) is 6.30. The first kappa shape index (κ1) is 16.4. The summed E-state index contributed by atoms with van der Waals surface area (Å²) in [6.45, 7) is 4.08. The number of aromatic nitrogens is 1. The third kappa shape index (κ3) is 3.72. The molecule has 2 nitrogen and oxygen atoms in total. The Morgan fingerprint density at radius 3 is 2.29 bits per heavy atom. The monoisotopic (exact) mass is 317 g/mol. The molecule has 0 radical (unpaired) electrons. The molecule has 0 amide bonds. The van der Waals surface area contributed by atoms with E-state index in [0.29, 0.717) is 6.42 Å². The molecule has 0 aliphatic rings. The first-order chi connectivity index (χ1) is 11.6. The quantitative estimate of drug-likeness (QED) is 0.722. The van der Waals surface area contributed by atoms with Crippen molar-refractivity contribution in [3.63, 3.8) is 0 Å². The summed E-state index contributed by atoms with van der Waals surface area (Å²) in [6, 6.07) is 22.7. The molecule has 0 bridgehead atoms. The smallest absolute Gasteiger partial charge is 0.0800 e. The van der Waals surface area contributed by atoms with Gasteiger partial charge in [-0.3, -0.25) is 4.98 Å². The summed E-state index contributed by atoms with van der Waals surface area (Å²) in [5.74, 6) is 0.163. The summed E-state index contributed by atoms with van der Waals surface area (Å²) >= 11 is 0. The van der Waals surface area contributed by atoms with Crippen molar-refractivity contribution in [1.82, 2.24) is 4.98 Å². The molecule has 122 valence electrons. The highest BCUT2D eigenvalue weighted by molar-refractivity contribution is 5.38. The highest BCUT2D eigenvalue weighted by Crippen LogP contribution is 2.35. The molecule has 1 aromatic heterocycles. The van der Waals surface area contributed by atoms with Crippen LogP contribution < -0.4 is 0 Å². The number of aliphatic hydroxyl groups excluding tert-OH is 1. The summed E-state index contributed by atoms with van der Waals surface area (Å²) in [6.07, 6.45) is 1.90. The molecular weight excluding hydrogens is 294 g/mol. The molecule has 0 aliphatic carbocycles. The second-order valence-corrected chi connectivity index (χ2v) is 6.30. The molecule has 0 unspecified atom stereocenters. The van der Waals surface area contributed by atoms with Crippen LogP contribution in [0.4, 0.5) is 0 Å². The van der Waals surface area contributed by atoms with E-state index in [1.54, 1.807) is 6.20 Å². The summed E-state index contributed by atoms with van der Waals surface area (Å²) in [7, 11) is 0. The third-order valence-corrected chi connectivity index (χ3v) is 4.53. The first-order valence-corrected chi connectivity index (χ1v) is 8.36. The Labute approximate surface area is 143 Å². The van der Waals surface area contributed by atoms with Crippen molar-refractivity contribution in [1.29, 1.82) is 0 Å². The number of aliphatic hydroxyl groups is 1. The minimum absolute atomic E-state index is 0.163. The molecule has 2 heteroatoms. The Bertz CT molecular complexity index is 798. The highest BCUT2D eigenvalue weighted by Gasteiger charge is 2.21. The minimum Gasteiger partial charge on any atom is -0.388 e. The number of hydrogen-bond donors (Lipinski definition) is 1. The number of nitrogens with zero attached hydrogens (tertiary/aromatic N) is 1. The average molecular weight is 317 g/mol. The Kier molecular flexibility index (Phi) is 5.07. The van der Waals surface area contributed by atoms with Crippen LogP contribution in [0.2, 0.25) is 0 Å². The fraction of sp³-hybridized carbons (Fsp3) is 0.227. The molecule has 0 saturated heterocycles. The van der Waals surface area contributed by atoms with Crippen molar-refractivity contribution in [2.75, 3.05) is 0 Å². The van der Waals surface area contributed by atoms with E-state index in [0.717, 1.165) is 11.3 Å². The van der Waals surface area contributed by atoms with Gasteiger partial charge in [0.2, 0.25) is 0 Å². The predicted molar refractivity (Wildman–Crippen MR) is 98.0 cm³/mol. The fourth-order valence-electron chi connectivity index (χ4n) is 3.24. The Morgan fingerprint density at radius 2 is 1.58 bits per heavy atom. The van der Waals surface area contributed by atoms with Crippen LogP contribution in [0, 0.1) is 13.8 Å². The van der Waals surface area contributed by atoms with Crippen LogP contribution in [0.25, 0.3) is 0 Å². The molecule has 0 spiro atoms. The lowest BCUT2D eigenvalue weighted by atomic mass is 9.83. The van der Waals surface area contributed by atoms with Gasteiger partial charge in [0.1, 0.15) is 0 Å². The van der Waals surface area contributed by atoms with Gasteiger partial charge < -0.3 is 5.11 Å². The number of aryl methyl sites for hydroxylation is 2. The van der Waals surface area contributed by atoms with Crippen molar-refractivity contribution >= 4 is 0 Å². The molecule has 24 heavy (non-hydrogen) atoms. The van der Waals surface area contributed by atoms with Gasteiger partial charge in [0.15, 0.2) is 0 Å². The topological polar surface area (TPSA) is 33.1 Å². The average Bonchev–Trinajstić information content (AvgIpc) is 2.61. The lowest BCUT2D eigenvalue weighted by Gasteiger charge is -2.23. The summed E-state index contributed by atoms with van der Waals surface area (Å²) in [5.41, 5.74) is 5.62. The van der Waals surface area contributed by atoms with E-state index in [1.165, 1.54) is 16.7 Å². The van der Waals surface area contributed by atoms with Crippen LogP contribution in [-0.4, -0.2) is 10.1 Å². The maximum absolute atomic E-state index is 10.8. The summed E-state index contributed by atoms with van der Waals surface area (Å²) in [5, 5.41) is 10.8. The number of benzene rings is 2. The molecule has 2 aromatic carbocycles. The number of hydrogen-bond acceptors (Lipinski definition) is 2. The fourth-order valence-corrected chi connectivity index (χ4v) is 3.24. The van der Waals surface area contributed by atoms with Crippen molar-refractivity contribution in [3.8, 4) is 0 Å². The third-order valence-electron chi connectivity index (χ3n) is 4.53. The molecular formula is C22H23NO. The van der Waals surface area contributed by atoms with Gasteiger partial charge in [-0.1, -0.05) is 54.6 Å². The molecule has 1 heterocycles. The zero-order valence-corrected chi connectivity index (χ0v) is 14.2. The van der Waals surface area contributed by atoms with Gasteiger partial charge in [-0.05, 0) is 54.7 Å². The lowest BCUT2D eigenvalue weighted by Crippen LogP contribution is -2.09. The van der Waals surface area contributed by atoms with Crippen molar-refractivity contribution in [3.05, 3.63) is 101 Å². The summed E-state index contributed by atoms with van der Waals surface area (Å²) < 4.78 is 0. The van der Waals surface area contributed by atoms with E-state index in [1.807, 2.05) is 25.1 Å². The molecule has 3 rings (SSSR count). The Balaban J connectivity index is 1.95. The SMILES string of the molecule is Cc1cc([C@H](O)C[C@H](c2ccccc2)c2ccccc2C)ccn1. The van der Waals surface area contributed by atoms with Gasteiger partial charge in [0.25, 0.3) is 0 Å².